The number of carbonyl (C=O) groups excluding carboxylic acids is 1. The Hall–Kier alpha value is -0.870. The first kappa shape index (κ1) is 14.1. The molecule has 2 saturated heterocycles. The van der Waals surface area contributed by atoms with Crippen LogP contribution in [0, 0.1) is 0 Å². The highest BCUT2D eigenvalue weighted by Gasteiger charge is 2.35. The van der Waals surface area contributed by atoms with Crippen molar-refractivity contribution in [1.82, 2.24) is 9.80 Å². The second kappa shape index (κ2) is 5.86. The lowest BCUT2D eigenvalue weighted by molar-refractivity contribution is 0.0151. The normalized spacial score (nSPS) is 27.2. The zero-order valence-corrected chi connectivity index (χ0v) is 13.5. The second-order valence-corrected chi connectivity index (χ2v) is 6.79. The van der Waals surface area contributed by atoms with E-state index < -0.39 is 0 Å². The van der Waals surface area contributed by atoms with Crippen LogP contribution in [0.1, 0.15) is 36.5 Å². The molecule has 2 fully saturated rings. The molecular formula is C16H21BrN2O. The maximum atomic E-state index is 12.8. The molecule has 3 nitrogen and oxygen atoms in total. The van der Waals surface area contributed by atoms with E-state index in [1.165, 1.54) is 25.8 Å². The Bertz CT molecular complexity index is 505. The van der Waals surface area contributed by atoms with Gasteiger partial charge in [-0.3, -0.25) is 9.69 Å². The van der Waals surface area contributed by atoms with Gasteiger partial charge in [-0.2, -0.15) is 0 Å². The molecule has 0 saturated carbocycles. The summed E-state index contributed by atoms with van der Waals surface area (Å²) in [5.74, 6) is 0.162. The summed E-state index contributed by atoms with van der Waals surface area (Å²) in [5, 5.41) is 0. The lowest BCUT2D eigenvalue weighted by Gasteiger charge is -2.47. The van der Waals surface area contributed by atoms with Crippen molar-refractivity contribution in [2.75, 3.05) is 19.6 Å². The minimum Gasteiger partial charge on any atom is -0.333 e. The Labute approximate surface area is 129 Å². The molecule has 1 aromatic rings. The van der Waals surface area contributed by atoms with Gasteiger partial charge in [-0.1, -0.05) is 18.6 Å². The molecule has 0 N–H and O–H groups in total. The highest BCUT2D eigenvalue weighted by atomic mass is 79.9. The van der Waals surface area contributed by atoms with Crippen molar-refractivity contribution in [2.24, 2.45) is 0 Å². The Morgan fingerprint density at radius 3 is 2.85 bits per heavy atom. The van der Waals surface area contributed by atoms with Crippen LogP contribution in [0.25, 0.3) is 0 Å². The summed E-state index contributed by atoms with van der Waals surface area (Å²) in [4.78, 5) is 17.4. The number of benzene rings is 1. The molecule has 2 aliphatic heterocycles. The third-order valence-corrected chi connectivity index (χ3v) is 5.24. The molecule has 0 aliphatic carbocycles. The summed E-state index contributed by atoms with van der Waals surface area (Å²) < 4.78 is 0.892. The Morgan fingerprint density at radius 2 is 2.05 bits per heavy atom. The molecule has 0 spiro atoms. The van der Waals surface area contributed by atoms with E-state index in [0.29, 0.717) is 12.1 Å². The number of halogens is 1. The molecule has 0 radical (unpaired) electrons. The summed E-state index contributed by atoms with van der Waals surface area (Å²) in [6.45, 7) is 5.26. The van der Waals surface area contributed by atoms with Crippen LogP contribution >= 0.6 is 15.9 Å². The average Bonchev–Trinajstić information content (AvgIpc) is 2.46. The molecule has 1 aromatic carbocycles. The monoisotopic (exact) mass is 336 g/mol. The van der Waals surface area contributed by atoms with E-state index in [2.05, 4.69) is 32.7 Å². The van der Waals surface area contributed by atoms with Crippen LogP contribution in [-0.2, 0) is 0 Å². The van der Waals surface area contributed by atoms with E-state index in [-0.39, 0.29) is 5.91 Å². The SMILES string of the molecule is CC1CN2CCCCC2CN1C(=O)c1ccccc1Br. The molecule has 20 heavy (non-hydrogen) atoms. The van der Waals surface area contributed by atoms with Gasteiger partial charge in [0, 0.05) is 29.6 Å². The lowest BCUT2D eigenvalue weighted by atomic mass is 9.96. The quantitative estimate of drug-likeness (QED) is 0.786. The van der Waals surface area contributed by atoms with E-state index in [0.717, 1.165) is 23.1 Å². The number of fused-ring (bicyclic) bond motifs is 1. The summed E-state index contributed by atoms with van der Waals surface area (Å²) in [6.07, 6.45) is 3.83. The lowest BCUT2D eigenvalue weighted by Crippen LogP contribution is -2.60. The maximum absolute atomic E-state index is 12.8. The van der Waals surface area contributed by atoms with Crippen LogP contribution < -0.4 is 0 Å². The van der Waals surface area contributed by atoms with Crippen LogP contribution in [0.2, 0.25) is 0 Å². The highest BCUT2D eigenvalue weighted by Crippen LogP contribution is 2.26. The summed E-state index contributed by atoms with van der Waals surface area (Å²) in [5.41, 5.74) is 0.781. The van der Waals surface area contributed by atoms with Crippen molar-refractivity contribution in [3.63, 3.8) is 0 Å². The number of piperidine rings is 1. The van der Waals surface area contributed by atoms with Gasteiger partial charge >= 0.3 is 0 Å². The molecule has 2 unspecified atom stereocenters. The van der Waals surface area contributed by atoms with Gasteiger partial charge in [-0.05, 0) is 54.4 Å². The first-order chi connectivity index (χ1) is 9.66. The smallest absolute Gasteiger partial charge is 0.255 e. The Morgan fingerprint density at radius 1 is 1.25 bits per heavy atom. The fourth-order valence-corrected chi connectivity index (χ4v) is 3.88. The van der Waals surface area contributed by atoms with Crippen LogP contribution in [0.5, 0.6) is 0 Å². The van der Waals surface area contributed by atoms with Gasteiger partial charge in [0.05, 0.1) is 5.56 Å². The second-order valence-electron chi connectivity index (χ2n) is 5.93. The summed E-state index contributed by atoms with van der Waals surface area (Å²) >= 11 is 3.49. The topological polar surface area (TPSA) is 23.6 Å². The molecular weight excluding hydrogens is 316 g/mol. The third-order valence-electron chi connectivity index (χ3n) is 4.55. The van der Waals surface area contributed by atoms with Crippen molar-refractivity contribution < 1.29 is 4.79 Å². The predicted octanol–water partition coefficient (Wildman–Crippen LogP) is 3.15. The van der Waals surface area contributed by atoms with Crippen molar-refractivity contribution in [1.29, 1.82) is 0 Å². The first-order valence-corrected chi connectivity index (χ1v) is 8.25. The standard InChI is InChI=1S/C16H21BrN2O/c1-12-10-18-9-5-4-6-13(18)11-19(12)16(20)14-7-2-3-8-15(14)17/h2-3,7-8,12-13H,4-6,9-11H2,1H3. The maximum Gasteiger partial charge on any atom is 0.255 e. The summed E-state index contributed by atoms with van der Waals surface area (Å²) in [7, 11) is 0. The molecule has 4 heteroatoms. The molecule has 0 bridgehead atoms. The van der Waals surface area contributed by atoms with Gasteiger partial charge in [0.25, 0.3) is 5.91 Å². The Balaban J connectivity index is 1.79. The van der Waals surface area contributed by atoms with E-state index >= 15 is 0 Å². The number of rotatable bonds is 1. The molecule has 2 atom stereocenters. The van der Waals surface area contributed by atoms with E-state index in [4.69, 9.17) is 0 Å². The van der Waals surface area contributed by atoms with Gasteiger partial charge in [-0.15, -0.1) is 0 Å². The van der Waals surface area contributed by atoms with E-state index in [9.17, 15) is 4.79 Å². The predicted molar refractivity (Wildman–Crippen MR) is 83.9 cm³/mol. The first-order valence-electron chi connectivity index (χ1n) is 7.46. The highest BCUT2D eigenvalue weighted by molar-refractivity contribution is 9.10. The molecule has 3 rings (SSSR count). The number of hydrogen-bond acceptors (Lipinski definition) is 2. The number of nitrogens with zero attached hydrogens (tertiary/aromatic N) is 2. The number of hydrogen-bond donors (Lipinski definition) is 0. The van der Waals surface area contributed by atoms with Crippen LogP contribution in [0.3, 0.4) is 0 Å². The van der Waals surface area contributed by atoms with Crippen LogP contribution in [0.15, 0.2) is 28.7 Å². The number of piperazine rings is 1. The van der Waals surface area contributed by atoms with Gasteiger partial charge in [0.1, 0.15) is 0 Å². The minimum absolute atomic E-state index is 0.162. The number of carbonyl (C=O) groups is 1. The fourth-order valence-electron chi connectivity index (χ4n) is 3.42. The zero-order valence-electron chi connectivity index (χ0n) is 11.9. The fraction of sp³-hybridized carbons (Fsp3) is 0.562. The number of amides is 1. The van der Waals surface area contributed by atoms with E-state index in [1.54, 1.807) is 0 Å². The van der Waals surface area contributed by atoms with Crippen molar-refractivity contribution in [3.05, 3.63) is 34.3 Å². The summed E-state index contributed by atoms with van der Waals surface area (Å²) in [6, 6.07) is 8.58. The van der Waals surface area contributed by atoms with Crippen LogP contribution in [-0.4, -0.2) is 47.4 Å². The Kier molecular flexibility index (Phi) is 4.13. The molecule has 2 aliphatic rings. The van der Waals surface area contributed by atoms with Crippen molar-refractivity contribution in [2.45, 2.75) is 38.3 Å². The van der Waals surface area contributed by atoms with Gasteiger partial charge in [0.15, 0.2) is 0 Å². The molecule has 108 valence electrons. The molecule has 1 amide bonds. The minimum atomic E-state index is 0.162. The van der Waals surface area contributed by atoms with Gasteiger partial charge < -0.3 is 4.90 Å². The van der Waals surface area contributed by atoms with E-state index in [1.807, 2.05) is 24.3 Å². The van der Waals surface area contributed by atoms with Crippen molar-refractivity contribution >= 4 is 21.8 Å². The molecule has 2 heterocycles. The molecule has 0 aromatic heterocycles. The van der Waals surface area contributed by atoms with Gasteiger partial charge in [0.2, 0.25) is 0 Å². The average molecular weight is 337 g/mol. The van der Waals surface area contributed by atoms with Crippen LogP contribution in [0.4, 0.5) is 0 Å². The van der Waals surface area contributed by atoms with Crippen molar-refractivity contribution in [3.8, 4) is 0 Å². The largest absolute Gasteiger partial charge is 0.333 e. The van der Waals surface area contributed by atoms with Gasteiger partial charge in [-0.25, -0.2) is 0 Å². The third kappa shape index (κ3) is 2.63. The zero-order chi connectivity index (χ0) is 14.1.